The van der Waals surface area contributed by atoms with Gasteiger partial charge in [-0.1, -0.05) is 41.9 Å². The van der Waals surface area contributed by atoms with Crippen molar-refractivity contribution in [3.63, 3.8) is 0 Å². The Labute approximate surface area is 175 Å². The fourth-order valence-electron chi connectivity index (χ4n) is 3.64. The molecule has 4 rings (SSSR count). The summed E-state index contributed by atoms with van der Waals surface area (Å²) in [4.78, 5) is 13.0. The van der Waals surface area contributed by atoms with Crippen LogP contribution in [0.4, 0.5) is 5.69 Å². The van der Waals surface area contributed by atoms with Crippen LogP contribution in [0.15, 0.2) is 71.6 Å². The van der Waals surface area contributed by atoms with Crippen LogP contribution in [-0.4, -0.2) is 31.7 Å². The predicted molar refractivity (Wildman–Crippen MR) is 116 cm³/mol. The van der Waals surface area contributed by atoms with Gasteiger partial charge >= 0.3 is 0 Å². The number of nitrogens with one attached hydrogen (secondary N) is 1. The molecule has 1 atom stereocenters. The van der Waals surface area contributed by atoms with E-state index in [1.54, 1.807) is 12.1 Å². The number of sulfonamides is 1. The molecule has 5 nitrogen and oxygen atoms in total. The number of amides is 1. The molecule has 3 aromatic carbocycles. The third kappa shape index (κ3) is 4.29. The maximum atomic E-state index is 12.9. The van der Waals surface area contributed by atoms with Gasteiger partial charge in [-0.2, -0.15) is 4.31 Å². The van der Waals surface area contributed by atoms with Crippen molar-refractivity contribution in [2.45, 2.75) is 17.7 Å². The van der Waals surface area contributed by atoms with Gasteiger partial charge in [0, 0.05) is 23.8 Å². The summed E-state index contributed by atoms with van der Waals surface area (Å²) < 4.78 is 27.2. The highest BCUT2D eigenvalue weighted by Crippen LogP contribution is 2.26. The summed E-state index contributed by atoms with van der Waals surface area (Å²) in [6, 6.07) is 19.8. The van der Waals surface area contributed by atoms with E-state index < -0.39 is 15.9 Å². The van der Waals surface area contributed by atoms with E-state index in [2.05, 4.69) is 5.32 Å². The van der Waals surface area contributed by atoms with Gasteiger partial charge in [0.15, 0.2) is 0 Å². The fourth-order valence-corrected chi connectivity index (χ4v) is 5.29. The van der Waals surface area contributed by atoms with Crippen LogP contribution >= 0.6 is 11.6 Å². The summed E-state index contributed by atoms with van der Waals surface area (Å²) in [5.41, 5.74) is 0.714. The number of nitrogens with zero attached hydrogens (tertiary/aromatic N) is 1. The lowest BCUT2D eigenvalue weighted by molar-refractivity contribution is -0.120. The number of halogens is 1. The Morgan fingerprint density at radius 2 is 1.72 bits per heavy atom. The zero-order valence-electron chi connectivity index (χ0n) is 15.7. The monoisotopic (exact) mass is 428 g/mol. The van der Waals surface area contributed by atoms with Crippen molar-refractivity contribution in [3.05, 3.63) is 71.8 Å². The van der Waals surface area contributed by atoms with Crippen molar-refractivity contribution in [3.8, 4) is 0 Å². The summed E-state index contributed by atoms with van der Waals surface area (Å²) in [6.07, 6.45) is 1.30. The molecule has 0 unspecified atom stereocenters. The Balaban J connectivity index is 1.48. The van der Waals surface area contributed by atoms with Crippen molar-refractivity contribution in [2.75, 3.05) is 18.4 Å². The number of piperidine rings is 1. The van der Waals surface area contributed by atoms with Gasteiger partial charge in [-0.25, -0.2) is 8.42 Å². The minimum absolute atomic E-state index is 0.156. The second kappa shape index (κ2) is 8.14. The van der Waals surface area contributed by atoms with Gasteiger partial charge in [0.25, 0.3) is 0 Å². The third-order valence-corrected chi connectivity index (χ3v) is 7.35. The van der Waals surface area contributed by atoms with Crippen molar-refractivity contribution >= 4 is 44.0 Å². The van der Waals surface area contributed by atoms with Gasteiger partial charge in [0.1, 0.15) is 0 Å². The molecule has 1 fully saturated rings. The second-order valence-electron chi connectivity index (χ2n) is 7.21. The zero-order chi connectivity index (χ0) is 20.4. The molecule has 1 heterocycles. The lowest BCUT2D eigenvalue weighted by atomic mass is 9.98. The molecular weight excluding hydrogens is 408 g/mol. The predicted octanol–water partition coefficient (Wildman–Crippen LogP) is 4.53. The van der Waals surface area contributed by atoms with Gasteiger partial charge < -0.3 is 5.32 Å². The Hall–Kier alpha value is -2.41. The first-order chi connectivity index (χ1) is 13.9. The summed E-state index contributed by atoms with van der Waals surface area (Å²) in [5.74, 6) is -0.548. The van der Waals surface area contributed by atoms with E-state index in [-0.39, 0.29) is 17.3 Å². The molecule has 0 aromatic heterocycles. The molecule has 0 spiro atoms. The standard InChI is InChI=1S/C22H21ClN2O3S/c23-19-8-11-21(12-9-19)29(27,28)25-13-3-6-18(15-25)22(26)24-20-10-7-16-4-1-2-5-17(16)14-20/h1-2,4-5,7-12,14,18H,3,6,13,15H2,(H,24,26)/t18-/m1/s1. The number of rotatable bonds is 4. The Kier molecular flexibility index (Phi) is 5.58. The Morgan fingerprint density at radius 3 is 2.48 bits per heavy atom. The molecule has 29 heavy (non-hydrogen) atoms. The molecule has 0 saturated carbocycles. The normalized spacial score (nSPS) is 17.9. The van der Waals surface area contributed by atoms with Gasteiger partial charge in [-0.05, 0) is 60.0 Å². The molecule has 1 saturated heterocycles. The van der Waals surface area contributed by atoms with Crippen LogP contribution in [0.5, 0.6) is 0 Å². The molecule has 3 aromatic rings. The van der Waals surface area contributed by atoms with Crippen LogP contribution in [0.2, 0.25) is 5.02 Å². The first kappa shape index (κ1) is 19.9. The summed E-state index contributed by atoms with van der Waals surface area (Å²) in [6.45, 7) is 0.578. The summed E-state index contributed by atoms with van der Waals surface area (Å²) in [7, 11) is -3.65. The summed E-state index contributed by atoms with van der Waals surface area (Å²) in [5, 5.41) is 5.57. The highest BCUT2D eigenvalue weighted by molar-refractivity contribution is 7.89. The maximum absolute atomic E-state index is 12.9. The number of anilines is 1. The van der Waals surface area contributed by atoms with Gasteiger partial charge in [0.05, 0.1) is 10.8 Å². The van der Waals surface area contributed by atoms with E-state index in [1.807, 2.05) is 42.5 Å². The molecule has 1 aliphatic heterocycles. The molecule has 1 amide bonds. The number of hydrogen-bond acceptors (Lipinski definition) is 3. The van der Waals surface area contributed by atoms with Crippen molar-refractivity contribution in [2.24, 2.45) is 5.92 Å². The minimum Gasteiger partial charge on any atom is -0.326 e. The van der Waals surface area contributed by atoms with Crippen molar-refractivity contribution in [1.82, 2.24) is 4.31 Å². The molecular formula is C22H21ClN2O3S. The van der Waals surface area contributed by atoms with E-state index in [0.29, 0.717) is 30.1 Å². The summed E-state index contributed by atoms with van der Waals surface area (Å²) >= 11 is 5.86. The van der Waals surface area contributed by atoms with Crippen LogP contribution in [0, 0.1) is 5.92 Å². The van der Waals surface area contributed by atoms with Crippen LogP contribution in [0.1, 0.15) is 12.8 Å². The molecule has 0 bridgehead atoms. The van der Waals surface area contributed by atoms with Crippen molar-refractivity contribution < 1.29 is 13.2 Å². The quantitative estimate of drug-likeness (QED) is 0.663. The van der Waals surface area contributed by atoms with Crippen LogP contribution in [0.25, 0.3) is 10.8 Å². The number of carbonyl (C=O) groups excluding carboxylic acids is 1. The van der Waals surface area contributed by atoms with E-state index >= 15 is 0 Å². The smallest absolute Gasteiger partial charge is 0.243 e. The average molecular weight is 429 g/mol. The van der Waals surface area contributed by atoms with E-state index in [9.17, 15) is 13.2 Å². The maximum Gasteiger partial charge on any atom is 0.243 e. The first-order valence-corrected chi connectivity index (χ1v) is 11.3. The number of benzene rings is 3. The lowest BCUT2D eigenvalue weighted by Gasteiger charge is -2.31. The van der Waals surface area contributed by atoms with Crippen molar-refractivity contribution in [1.29, 1.82) is 0 Å². The molecule has 7 heteroatoms. The number of fused-ring (bicyclic) bond motifs is 1. The van der Waals surface area contributed by atoms with E-state index in [0.717, 1.165) is 10.8 Å². The minimum atomic E-state index is -3.65. The van der Waals surface area contributed by atoms with Crippen LogP contribution < -0.4 is 5.32 Å². The van der Waals surface area contributed by atoms with Crippen LogP contribution in [0.3, 0.4) is 0 Å². The molecule has 0 aliphatic carbocycles. The first-order valence-electron chi connectivity index (χ1n) is 9.49. The van der Waals surface area contributed by atoms with Gasteiger partial charge in [0.2, 0.25) is 15.9 Å². The molecule has 150 valence electrons. The fraction of sp³-hybridized carbons (Fsp3) is 0.227. The van der Waals surface area contributed by atoms with Gasteiger partial charge in [-0.3, -0.25) is 4.79 Å². The average Bonchev–Trinajstić information content (AvgIpc) is 2.74. The number of carbonyl (C=O) groups is 1. The van der Waals surface area contributed by atoms with E-state index in [1.165, 1.54) is 16.4 Å². The second-order valence-corrected chi connectivity index (χ2v) is 9.58. The van der Waals surface area contributed by atoms with Gasteiger partial charge in [-0.15, -0.1) is 0 Å². The lowest BCUT2D eigenvalue weighted by Crippen LogP contribution is -2.43. The highest BCUT2D eigenvalue weighted by atomic mass is 35.5. The number of hydrogen-bond donors (Lipinski definition) is 1. The van der Waals surface area contributed by atoms with E-state index in [4.69, 9.17) is 11.6 Å². The molecule has 1 aliphatic rings. The SMILES string of the molecule is O=C(Nc1ccc2ccccc2c1)[C@@H]1CCCN(S(=O)(=O)c2ccc(Cl)cc2)C1. The molecule has 0 radical (unpaired) electrons. The highest BCUT2D eigenvalue weighted by Gasteiger charge is 2.33. The topological polar surface area (TPSA) is 66.5 Å². The largest absolute Gasteiger partial charge is 0.326 e. The Morgan fingerprint density at radius 1 is 1.00 bits per heavy atom. The van der Waals surface area contributed by atoms with Crippen LogP contribution in [-0.2, 0) is 14.8 Å². The molecule has 1 N–H and O–H groups in total. The third-order valence-electron chi connectivity index (χ3n) is 5.22. The zero-order valence-corrected chi connectivity index (χ0v) is 17.3. The Bertz CT molecular complexity index is 1150.